The van der Waals surface area contributed by atoms with E-state index in [4.69, 9.17) is 13.9 Å². The first-order valence-electron chi connectivity index (χ1n) is 8.92. The van der Waals surface area contributed by atoms with Gasteiger partial charge in [-0.2, -0.15) is 5.26 Å². The Balaban J connectivity index is 1.89. The van der Waals surface area contributed by atoms with E-state index >= 15 is 0 Å². The largest absolute Gasteiger partial charge is 0.448 e. The molecule has 2 aromatic rings. The quantitative estimate of drug-likeness (QED) is 0.686. The molecule has 9 heteroatoms. The Morgan fingerprint density at radius 3 is 2.89 bits per heavy atom. The van der Waals surface area contributed by atoms with Crippen molar-refractivity contribution < 1.29 is 23.5 Å². The van der Waals surface area contributed by atoms with E-state index in [1.165, 1.54) is 22.5 Å². The Labute approximate surface area is 166 Å². The lowest BCUT2D eigenvalue weighted by Crippen LogP contribution is -2.36. The molecular formula is C19H21N3O5S. The van der Waals surface area contributed by atoms with Gasteiger partial charge in [-0.3, -0.25) is 4.79 Å². The summed E-state index contributed by atoms with van der Waals surface area (Å²) in [6.45, 7) is 3.08. The van der Waals surface area contributed by atoms with Gasteiger partial charge in [0.15, 0.2) is 0 Å². The highest BCUT2D eigenvalue weighted by molar-refractivity contribution is 7.16. The number of hydrogen-bond acceptors (Lipinski definition) is 7. The van der Waals surface area contributed by atoms with E-state index in [-0.39, 0.29) is 18.9 Å². The predicted molar refractivity (Wildman–Crippen MR) is 103 cm³/mol. The van der Waals surface area contributed by atoms with Crippen LogP contribution in [0.4, 0.5) is 15.7 Å². The molecule has 2 amide bonds. The van der Waals surface area contributed by atoms with Gasteiger partial charge >= 0.3 is 6.09 Å². The van der Waals surface area contributed by atoms with E-state index in [2.05, 4.69) is 6.07 Å². The maximum Gasteiger partial charge on any atom is 0.410 e. The van der Waals surface area contributed by atoms with E-state index < -0.39 is 6.09 Å². The van der Waals surface area contributed by atoms with Gasteiger partial charge in [-0.1, -0.05) is 6.92 Å². The standard InChI is InChI=1S/C19H21N3O5S/c1-3-16(23)22(17-5-4-8-26-17)18-14(11-20)13-6-7-21(12-15(13)28-18)19(24)27-10-9-25-2/h4-5,8H,3,6-7,9-10,12H2,1-2H3. The van der Waals surface area contributed by atoms with Crippen LogP contribution in [-0.4, -0.2) is 43.8 Å². The maximum atomic E-state index is 12.6. The fraction of sp³-hybridized carbons (Fsp3) is 0.421. The summed E-state index contributed by atoms with van der Waals surface area (Å²) in [6, 6.07) is 5.62. The molecule has 148 valence electrons. The minimum absolute atomic E-state index is 0.166. The summed E-state index contributed by atoms with van der Waals surface area (Å²) in [5.74, 6) is 0.207. The van der Waals surface area contributed by atoms with Crippen molar-refractivity contribution in [2.75, 3.05) is 31.8 Å². The molecule has 0 aliphatic carbocycles. The first-order chi connectivity index (χ1) is 13.6. The van der Waals surface area contributed by atoms with E-state index in [0.29, 0.717) is 42.6 Å². The van der Waals surface area contributed by atoms with Crippen molar-refractivity contribution in [2.45, 2.75) is 26.3 Å². The molecule has 3 rings (SSSR count). The van der Waals surface area contributed by atoms with Gasteiger partial charge in [0.2, 0.25) is 11.8 Å². The van der Waals surface area contributed by atoms with Crippen molar-refractivity contribution in [3.63, 3.8) is 0 Å². The highest BCUT2D eigenvalue weighted by atomic mass is 32.1. The molecule has 0 bridgehead atoms. The molecule has 0 saturated carbocycles. The molecule has 2 aromatic heterocycles. The van der Waals surface area contributed by atoms with Crippen molar-refractivity contribution in [1.29, 1.82) is 5.26 Å². The van der Waals surface area contributed by atoms with Crippen LogP contribution < -0.4 is 4.90 Å². The fourth-order valence-corrected chi connectivity index (χ4v) is 4.35. The van der Waals surface area contributed by atoms with Gasteiger partial charge in [-0.05, 0) is 18.1 Å². The lowest BCUT2D eigenvalue weighted by Gasteiger charge is -2.26. The first-order valence-corrected chi connectivity index (χ1v) is 9.74. The second-order valence-electron chi connectivity index (χ2n) is 6.11. The Bertz CT molecular complexity index is 884. The zero-order chi connectivity index (χ0) is 20.1. The molecule has 0 atom stereocenters. The monoisotopic (exact) mass is 403 g/mol. The van der Waals surface area contributed by atoms with Crippen LogP contribution in [-0.2, 0) is 27.2 Å². The van der Waals surface area contributed by atoms with Crippen LogP contribution in [0.5, 0.6) is 0 Å². The van der Waals surface area contributed by atoms with Crippen LogP contribution in [0.25, 0.3) is 0 Å². The highest BCUT2D eigenvalue weighted by Crippen LogP contribution is 2.42. The predicted octanol–water partition coefficient (Wildman–Crippen LogP) is 3.43. The number of rotatable bonds is 6. The Kier molecular flexibility index (Phi) is 6.34. The number of thiophene rings is 1. The van der Waals surface area contributed by atoms with Crippen molar-refractivity contribution in [1.82, 2.24) is 4.90 Å². The molecule has 0 spiro atoms. The SMILES string of the molecule is CCC(=O)N(c1ccco1)c1sc2c(c1C#N)CCN(C(=O)OCCOC)C2. The number of nitrogens with zero attached hydrogens (tertiary/aromatic N) is 3. The van der Waals surface area contributed by atoms with Crippen molar-refractivity contribution in [3.8, 4) is 6.07 Å². The molecule has 0 fully saturated rings. The summed E-state index contributed by atoms with van der Waals surface area (Å²) >= 11 is 1.33. The normalized spacial score (nSPS) is 13.0. The van der Waals surface area contributed by atoms with Gasteiger partial charge in [0.1, 0.15) is 17.7 Å². The lowest BCUT2D eigenvalue weighted by molar-refractivity contribution is -0.117. The van der Waals surface area contributed by atoms with Crippen LogP contribution in [0, 0.1) is 11.3 Å². The summed E-state index contributed by atoms with van der Waals surface area (Å²) in [5, 5.41) is 10.3. The molecule has 1 aliphatic rings. The molecule has 0 unspecified atom stereocenters. The Morgan fingerprint density at radius 2 is 2.25 bits per heavy atom. The molecule has 28 heavy (non-hydrogen) atoms. The molecule has 0 saturated heterocycles. The van der Waals surface area contributed by atoms with E-state index in [9.17, 15) is 14.9 Å². The second kappa shape index (κ2) is 8.91. The summed E-state index contributed by atoms with van der Waals surface area (Å²) < 4.78 is 15.5. The number of ether oxygens (including phenoxy) is 2. The summed E-state index contributed by atoms with van der Waals surface area (Å²) in [7, 11) is 1.54. The number of furan rings is 1. The topological polar surface area (TPSA) is 96.0 Å². The molecule has 3 heterocycles. The number of fused-ring (bicyclic) bond motifs is 1. The van der Waals surface area contributed by atoms with Crippen LogP contribution in [0.2, 0.25) is 0 Å². The molecule has 8 nitrogen and oxygen atoms in total. The average Bonchev–Trinajstić information content (AvgIpc) is 3.35. The Morgan fingerprint density at radius 1 is 1.43 bits per heavy atom. The second-order valence-corrected chi connectivity index (χ2v) is 7.19. The number of carbonyl (C=O) groups is 2. The number of carbonyl (C=O) groups excluding carboxylic acids is 2. The first kappa shape index (κ1) is 19.9. The smallest absolute Gasteiger partial charge is 0.410 e. The molecule has 0 aromatic carbocycles. The molecule has 0 N–H and O–H groups in total. The van der Waals surface area contributed by atoms with Gasteiger partial charge in [0, 0.05) is 31.0 Å². The van der Waals surface area contributed by atoms with Crippen LogP contribution in [0.1, 0.15) is 29.3 Å². The van der Waals surface area contributed by atoms with Crippen LogP contribution in [0.3, 0.4) is 0 Å². The van der Waals surface area contributed by atoms with E-state index in [0.717, 1.165) is 10.4 Å². The number of hydrogen-bond donors (Lipinski definition) is 0. The van der Waals surface area contributed by atoms with Crippen molar-refractivity contribution >= 4 is 34.2 Å². The molecular weight excluding hydrogens is 382 g/mol. The van der Waals surface area contributed by atoms with Gasteiger partial charge < -0.3 is 18.8 Å². The highest BCUT2D eigenvalue weighted by Gasteiger charge is 2.32. The minimum Gasteiger partial charge on any atom is -0.448 e. The fourth-order valence-electron chi connectivity index (χ4n) is 3.01. The summed E-state index contributed by atoms with van der Waals surface area (Å²) in [5.41, 5.74) is 1.34. The van der Waals surface area contributed by atoms with Crippen molar-refractivity contribution in [3.05, 3.63) is 34.4 Å². The maximum absolute atomic E-state index is 12.6. The summed E-state index contributed by atoms with van der Waals surface area (Å²) in [4.78, 5) is 28.7. The van der Waals surface area contributed by atoms with Crippen LogP contribution in [0.15, 0.2) is 22.8 Å². The van der Waals surface area contributed by atoms with Gasteiger partial charge in [0.05, 0.1) is 25.0 Å². The number of methoxy groups -OCH3 is 1. The van der Waals surface area contributed by atoms with Gasteiger partial charge in [-0.15, -0.1) is 11.3 Å². The van der Waals surface area contributed by atoms with Gasteiger partial charge in [0.25, 0.3) is 0 Å². The summed E-state index contributed by atoms with van der Waals surface area (Å²) in [6.07, 6.45) is 1.87. The molecule has 0 radical (unpaired) electrons. The zero-order valence-electron chi connectivity index (χ0n) is 15.8. The number of amides is 2. The minimum atomic E-state index is -0.413. The third-order valence-corrected chi connectivity index (χ3v) is 5.60. The lowest BCUT2D eigenvalue weighted by atomic mass is 10.0. The average molecular weight is 403 g/mol. The van der Waals surface area contributed by atoms with Gasteiger partial charge in [-0.25, -0.2) is 9.69 Å². The van der Waals surface area contributed by atoms with Crippen molar-refractivity contribution in [2.24, 2.45) is 0 Å². The number of anilines is 2. The van der Waals surface area contributed by atoms with E-state index in [1.54, 1.807) is 31.1 Å². The third kappa shape index (κ3) is 3.88. The third-order valence-electron chi connectivity index (χ3n) is 4.40. The zero-order valence-corrected chi connectivity index (χ0v) is 16.6. The van der Waals surface area contributed by atoms with E-state index in [1.807, 2.05) is 0 Å². The number of nitriles is 1. The molecule has 1 aliphatic heterocycles. The van der Waals surface area contributed by atoms with Crippen LogP contribution >= 0.6 is 11.3 Å². The Hall–Kier alpha value is -2.83.